The second-order valence-electron chi connectivity index (χ2n) is 10.7. The molecular formula is C29H58O5. The summed E-state index contributed by atoms with van der Waals surface area (Å²) in [5.74, 6) is 0.467. The Morgan fingerprint density at radius 1 is 0.618 bits per heavy atom. The van der Waals surface area contributed by atoms with Crippen molar-refractivity contribution in [3.8, 4) is 0 Å². The summed E-state index contributed by atoms with van der Waals surface area (Å²) in [6.45, 7) is 5.09. The largest absolute Gasteiger partial charge is 0.388 e. The number of aliphatic hydroxyl groups is 3. The van der Waals surface area contributed by atoms with Crippen molar-refractivity contribution in [2.75, 3.05) is 13.2 Å². The molecule has 1 aliphatic heterocycles. The molecule has 3 N–H and O–H groups in total. The van der Waals surface area contributed by atoms with E-state index in [-0.39, 0.29) is 6.61 Å². The molecule has 0 bridgehead atoms. The van der Waals surface area contributed by atoms with Gasteiger partial charge in [0.15, 0.2) is 6.29 Å². The van der Waals surface area contributed by atoms with E-state index in [0.29, 0.717) is 12.5 Å². The van der Waals surface area contributed by atoms with Gasteiger partial charge in [0.25, 0.3) is 0 Å². The van der Waals surface area contributed by atoms with Crippen molar-refractivity contribution >= 4 is 0 Å². The summed E-state index contributed by atoms with van der Waals surface area (Å²) >= 11 is 0. The van der Waals surface area contributed by atoms with Crippen LogP contribution in [0, 0.1) is 5.92 Å². The van der Waals surface area contributed by atoms with Crippen LogP contribution in [-0.4, -0.2) is 53.1 Å². The molecule has 0 aromatic carbocycles. The molecule has 34 heavy (non-hydrogen) atoms. The zero-order valence-corrected chi connectivity index (χ0v) is 22.6. The SMILES string of the molecule is CCCCCCCCCCCCC(CCCCCCCCCC)CO[C@H]1OC[C@@H](O)[C@H](O)[C@H]1O. The van der Waals surface area contributed by atoms with E-state index in [0.717, 1.165) is 12.8 Å². The maximum atomic E-state index is 10.2. The molecule has 0 aromatic heterocycles. The van der Waals surface area contributed by atoms with Gasteiger partial charge in [-0.1, -0.05) is 129 Å². The highest BCUT2D eigenvalue weighted by molar-refractivity contribution is 4.82. The first-order valence-electron chi connectivity index (χ1n) is 14.9. The third kappa shape index (κ3) is 15.7. The molecule has 1 heterocycles. The maximum Gasteiger partial charge on any atom is 0.186 e. The highest BCUT2D eigenvalue weighted by Crippen LogP contribution is 2.23. The summed E-state index contributed by atoms with van der Waals surface area (Å²) in [5.41, 5.74) is 0. The monoisotopic (exact) mass is 486 g/mol. The summed E-state index contributed by atoms with van der Waals surface area (Å²) in [6.07, 6.45) is 22.1. The van der Waals surface area contributed by atoms with Gasteiger partial charge in [0, 0.05) is 0 Å². The van der Waals surface area contributed by atoms with E-state index in [2.05, 4.69) is 13.8 Å². The van der Waals surface area contributed by atoms with E-state index in [1.165, 1.54) is 116 Å². The number of rotatable bonds is 23. The van der Waals surface area contributed by atoms with Crippen LogP contribution in [0.25, 0.3) is 0 Å². The minimum atomic E-state index is -1.20. The first-order chi connectivity index (χ1) is 16.6. The average molecular weight is 487 g/mol. The summed E-state index contributed by atoms with van der Waals surface area (Å²) < 4.78 is 11.3. The summed E-state index contributed by atoms with van der Waals surface area (Å²) in [4.78, 5) is 0. The topological polar surface area (TPSA) is 79.2 Å². The van der Waals surface area contributed by atoms with Gasteiger partial charge >= 0.3 is 0 Å². The lowest BCUT2D eigenvalue weighted by molar-refractivity contribution is -0.272. The average Bonchev–Trinajstić information content (AvgIpc) is 2.84. The van der Waals surface area contributed by atoms with E-state index in [9.17, 15) is 15.3 Å². The fourth-order valence-electron chi connectivity index (χ4n) is 4.96. The standard InChI is InChI=1S/C29H58O5/c1-3-5-7-9-11-13-14-16-18-20-22-25(21-19-17-15-12-10-8-6-4-2)23-33-29-28(32)27(31)26(30)24-34-29/h25-32H,3-24H2,1-2H3/t25?,26-,27+,28-,29+/m1/s1. The number of hydrogen-bond donors (Lipinski definition) is 3. The first-order valence-corrected chi connectivity index (χ1v) is 14.9. The summed E-state index contributed by atoms with van der Waals surface area (Å²) in [6, 6.07) is 0. The highest BCUT2D eigenvalue weighted by Gasteiger charge is 2.38. The maximum absolute atomic E-state index is 10.2. The molecule has 1 unspecified atom stereocenters. The molecule has 0 spiro atoms. The van der Waals surface area contributed by atoms with Gasteiger partial charge in [0.1, 0.15) is 18.3 Å². The molecule has 0 aliphatic carbocycles. The Bertz CT molecular complexity index is 433. The molecule has 1 aliphatic rings. The fraction of sp³-hybridized carbons (Fsp3) is 1.00. The number of hydrogen-bond acceptors (Lipinski definition) is 5. The van der Waals surface area contributed by atoms with Gasteiger partial charge in [-0.25, -0.2) is 0 Å². The molecule has 204 valence electrons. The minimum Gasteiger partial charge on any atom is -0.388 e. The number of unbranched alkanes of at least 4 members (excludes halogenated alkanes) is 16. The zero-order valence-electron chi connectivity index (χ0n) is 22.6. The smallest absolute Gasteiger partial charge is 0.186 e. The predicted molar refractivity (Wildman–Crippen MR) is 141 cm³/mol. The van der Waals surface area contributed by atoms with Crippen LogP contribution in [-0.2, 0) is 9.47 Å². The van der Waals surface area contributed by atoms with Gasteiger partial charge in [0.05, 0.1) is 13.2 Å². The lowest BCUT2D eigenvalue weighted by Gasteiger charge is -2.35. The number of aliphatic hydroxyl groups excluding tert-OH is 3. The van der Waals surface area contributed by atoms with E-state index in [1.807, 2.05) is 0 Å². The molecule has 0 saturated carbocycles. The molecule has 0 radical (unpaired) electrons. The van der Waals surface area contributed by atoms with Gasteiger partial charge in [-0.05, 0) is 18.8 Å². The van der Waals surface area contributed by atoms with Crippen molar-refractivity contribution in [3.63, 3.8) is 0 Å². The molecule has 1 saturated heterocycles. The molecule has 0 aromatic rings. The van der Waals surface area contributed by atoms with Crippen LogP contribution >= 0.6 is 0 Å². The normalized spacial score (nSPS) is 23.9. The first kappa shape index (κ1) is 31.8. The van der Waals surface area contributed by atoms with Crippen LogP contribution in [0.1, 0.15) is 142 Å². The van der Waals surface area contributed by atoms with E-state index in [4.69, 9.17) is 9.47 Å². The van der Waals surface area contributed by atoms with Crippen molar-refractivity contribution in [1.82, 2.24) is 0 Å². The Kier molecular flexibility index (Phi) is 20.6. The third-order valence-corrected chi connectivity index (χ3v) is 7.38. The highest BCUT2D eigenvalue weighted by atomic mass is 16.7. The Morgan fingerprint density at radius 3 is 1.47 bits per heavy atom. The Morgan fingerprint density at radius 2 is 1.03 bits per heavy atom. The molecule has 0 amide bonds. The van der Waals surface area contributed by atoms with Crippen molar-refractivity contribution in [3.05, 3.63) is 0 Å². The minimum absolute atomic E-state index is 0.00400. The van der Waals surface area contributed by atoms with Crippen LogP contribution in [0.5, 0.6) is 0 Å². The third-order valence-electron chi connectivity index (χ3n) is 7.38. The molecule has 1 fully saturated rings. The van der Waals surface area contributed by atoms with Crippen LogP contribution in [0.3, 0.4) is 0 Å². The van der Waals surface area contributed by atoms with Gasteiger partial charge in [-0.2, -0.15) is 0 Å². The van der Waals surface area contributed by atoms with Crippen molar-refractivity contribution in [2.24, 2.45) is 5.92 Å². The summed E-state index contributed by atoms with van der Waals surface area (Å²) in [5, 5.41) is 29.7. The van der Waals surface area contributed by atoms with Gasteiger partial charge in [-0.15, -0.1) is 0 Å². The van der Waals surface area contributed by atoms with Crippen LogP contribution in [0.15, 0.2) is 0 Å². The lowest BCUT2D eigenvalue weighted by Crippen LogP contribution is -2.53. The van der Waals surface area contributed by atoms with Gasteiger partial charge in [-0.3, -0.25) is 0 Å². The van der Waals surface area contributed by atoms with Crippen molar-refractivity contribution < 1.29 is 24.8 Å². The summed E-state index contributed by atoms with van der Waals surface area (Å²) in [7, 11) is 0. The quantitative estimate of drug-likeness (QED) is 0.137. The van der Waals surface area contributed by atoms with Gasteiger partial charge < -0.3 is 24.8 Å². The lowest BCUT2D eigenvalue weighted by atomic mass is 9.94. The van der Waals surface area contributed by atoms with E-state index >= 15 is 0 Å². The van der Waals surface area contributed by atoms with Crippen molar-refractivity contribution in [2.45, 2.75) is 167 Å². The fourth-order valence-corrected chi connectivity index (χ4v) is 4.96. The molecule has 1 rings (SSSR count). The van der Waals surface area contributed by atoms with E-state index < -0.39 is 24.6 Å². The van der Waals surface area contributed by atoms with Crippen LogP contribution in [0.4, 0.5) is 0 Å². The van der Waals surface area contributed by atoms with Crippen molar-refractivity contribution in [1.29, 1.82) is 0 Å². The van der Waals surface area contributed by atoms with Gasteiger partial charge in [0.2, 0.25) is 0 Å². The van der Waals surface area contributed by atoms with Crippen LogP contribution < -0.4 is 0 Å². The molecule has 5 heteroatoms. The number of ether oxygens (including phenoxy) is 2. The Hall–Kier alpha value is -0.200. The van der Waals surface area contributed by atoms with Crippen LogP contribution in [0.2, 0.25) is 0 Å². The Labute approximate surface area is 211 Å². The molecular weight excluding hydrogens is 428 g/mol. The zero-order chi connectivity index (χ0) is 24.9. The second kappa shape index (κ2) is 22.0. The molecule has 5 atom stereocenters. The second-order valence-corrected chi connectivity index (χ2v) is 10.7. The van der Waals surface area contributed by atoms with E-state index in [1.54, 1.807) is 0 Å². The molecule has 5 nitrogen and oxygen atoms in total. The predicted octanol–water partition coefficient (Wildman–Crippen LogP) is 6.90. The Balaban J connectivity index is 2.25.